The maximum absolute atomic E-state index is 13.1. The Morgan fingerprint density at radius 2 is 1.95 bits per heavy atom. The molecule has 5 heteroatoms. The van der Waals surface area contributed by atoms with Crippen molar-refractivity contribution in [2.45, 2.75) is 25.3 Å². The summed E-state index contributed by atoms with van der Waals surface area (Å²) in [7, 11) is 0. The highest BCUT2D eigenvalue weighted by Gasteiger charge is 2.34. The molecule has 1 saturated heterocycles. The number of nitrogens with one attached hydrogen (secondary N) is 2. The Balaban J connectivity index is 1.62. The predicted octanol–water partition coefficient (Wildman–Crippen LogP) is 2.08. The molecule has 2 N–H and O–H groups in total. The van der Waals surface area contributed by atoms with Crippen molar-refractivity contribution in [3.05, 3.63) is 35.4 Å². The molecule has 20 heavy (non-hydrogen) atoms. The van der Waals surface area contributed by atoms with Crippen LogP contribution in [-0.2, 0) is 0 Å². The third-order valence-electron chi connectivity index (χ3n) is 4.47. The van der Waals surface area contributed by atoms with Crippen molar-refractivity contribution in [2.24, 2.45) is 11.8 Å². The standard InChI is InChI=1S/C15H18F2N2O/c16-13-4-2-9(6-14(13)17)15(20)19-12-3-1-10-7-18-8-11(10)5-12/h2,4,6,10-12,18H,1,3,5,7-8H2,(H,19,20)/t10-,11+,12?/m0/s1. The second-order valence-corrected chi connectivity index (χ2v) is 5.79. The Kier molecular flexibility index (Phi) is 3.70. The Hall–Kier alpha value is -1.49. The van der Waals surface area contributed by atoms with Crippen molar-refractivity contribution < 1.29 is 13.6 Å². The molecule has 1 aromatic rings. The van der Waals surface area contributed by atoms with Gasteiger partial charge in [-0.2, -0.15) is 0 Å². The molecule has 108 valence electrons. The Labute approximate surface area is 116 Å². The van der Waals surface area contributed by atoms with Crippen LogP contribution >= 0.6 is 0 Å². The molecule has 1 aliphatic carbocycles. The Morgan fingerprint density at radius 3 is 2.75 bits per heavy atom. The lowest BCUT2D eigenvalue weighted by Crippen LogP contribution is -2.40. The monoisotopic (exact) mass is 280 g/mol. The molecule has 1 amide bonds. The van der Waals surface area contributed by atoms with Crippen LogP contribution in [0.25, 0.3) is 0 Å². The van der Waals surface area contributed by atoms with E-state index in [1.807, 2.05) is 0 Å². The maximum atomic E-state index is 13.1. The van der Waals surface area contributed by atoms with Crippen molar-refractivity contribution in [2.75, 3.05) is 13.1 Å². The molecule has 3 atom stereocenters. The average molecular weight is 280 g/mol. The van der Waals surface area contributed by atoms with Gasteiger partial charge in [0.2, 0.25) is 0 Å². The van der Waals surface area contributed by atoms with E-state index in [-0.39, 0.29) is 17.5 Å². The molecule has 0 aromatic heterocycles. The van der Waals surface area contributed by atoms with E-state index in [9.17, 15) is 13.6 Å². The van der Waals surface area contributed by atoms with Gasteiger partial charge in [-0.3, -0.25) is 4.79 Å². The largest absolute Gasteiger partial charge is 0.349 e. The topological polar surface area (TPSA) is 41.1 Å². The normalized spacial score (nSPS) is 29.0. The lowest BCUT2D eigenvalue weighted by molar-refractivity contribution is 0.0913. The van der Waals surface area contributed by atoms with Crippen molar-refractivity contribution in [3.63, 3.8) is 0 Å². The van der Waals surface area contributed by atoms with Gasteiger partial charge in [0.1, 0.15) is 0 Å². The highest BCUT2D eigenvalue weighted by atomic mass is 19.2. The molecule has 1 heterocycles. The van der Waals surface area contributed by atoms with Gasteiger partial charge >= 0.3 is 0 Å². The first-order valence-electron chi connectivity index (χ1n) is 7.10. The van der Waals surface area contributed by atoms with Gasteiger partial charge in [-0.05, 0) is 62.4 Å². The zero-order valence-electron chi connectivity index (χ0n) is 11.2. The minimum atomic E-state index is -0.985. The van der Waals surface area contributed by atoms with Gasteiger partial charge in [0, 0.05) is 11.6 Å². The van der Waals surface area contributed by atoms with Crippen molar-refractivity contribution in [1.82, 2.24) is 10.6 Å². The van der Waals surface area contributed by atoms with Gasteiger partial charge in [-0.15, -0.1) is 0 Å². The summed E-state index contributed by atoms with van der Waals surface area (Å²) in [5.74, 6) is -0.885. The second kappa shape index (κ2) is 5.48. The van der Waals surface area contributed by atoms with E-state index in [0.717, 1.165) is 50.4 Å². The molecular weight excluding hydrogens is 262 g/mol. The van der Waals surface area contributed by atoms with Gasteiger partial charge in [-0.25, -0.2) is 8.78 Å². The molecule has 1 saturated carbocycles. The number of fused-ring (bicyclic) bond motifs is 1. The van der Waals surface area contributed by atoms with E-state index in [1.165, 1.54) is 6.07 Å². The van der Waals surface area contributed by atoms with Crippen molar-refractivity contribution >= 4 is 5.91 Å². The molecule has 2 aliphatic rings. The molecule has 1 unspecified atom stereocenters. The van der Waals surface area contributed by atoms with E-state index in [2.05, 4.69) is 10.6 Å². The molecule has 3 nitrogen and oxygen atoms in total. The minimum absolute atomic E-state index is 0.136. The van der Waals surface area contributed by atoms with Crippen LogP contribution in [0.1, 0.15) is 29.6 Å². The van der Waals surface area contributed by atoms with E-state index in [1.54, 1.807) is 0 Å². The van der Waals surface area contributed by atoms with Gasteiger partial charge in [-0.1, -0.05) is 0 Å². The summed E-state index contributed by atoms with van der Waals surface area (Å²) < 4.78 is 26.0. The van der Waals surface area contributed by atoms with E-state index in [4.69, 9.17) is 0 Å². The van der Waals surface area contributed by atoms with Gasteiger partial charge in [0.25, 0.3) is 5.91 Å². The molecule has 1 aromatic carbocycles. The summed E-state index contributed by atoms with van der Waals surface area (Å²) in [6.07, 6.45) is 3.03. The summed E-state index contributed by atoms with van der Waals surface area (Å²) in [4.78, 5) is 12.1. The molecule has 2 fully saturated rings. The van der Waals surface area contributed by atoms with Crippen LogP contribution in [0.3, 0.4) is 0 Å². The molecule has 1 aliphatic heterocycles. The molecule has 3 rings (SSSR count). The number of rotatable bonds is 2. The number of amides is 1. The van der Waals surface area contributed by atoms with Crippen molar-refractivity contribution in [1.29, 1.82) is 0 Å². The summed E-state index contributed by atoms with van der Waals surface area (Å²) in [6.45, 7) is 2.09. The maximum Gasteiger partial charge on any atom is 0.251 e. The quantitative estimate of drug-likeness (QED) is 0.871. The third-order valence-corrected chi connectivity index (χ3v) is 4.47. The van der Waals surface area contributed by atoms with Crippen LogP contribution in [0.4, 0.5) is 8.78 Å². The summed E-state index contributed by atoms with van der Waals surface area (Å²) in [5.41, 5.74) is 0.176. The fourth-order valence-corrected chi connectivity index (χ4v) is 3.34. The zero-order valence-corrected chi connectivity index (χ0v) is 11.2. The van der Waals surface area contributed by atoms with E-state index in [0.29, 0.717) is 5.92 Å². The average Bonchev–Trinajstić information content (AvgIpc) is 2.89. The number of hydrogen-bond acceptors (Lipinski definition) is 2. The first-order chi connectivity index (χ1) is 9.63. The number of halogens is 2. The van der Waals surface area contributed by atoms with Crippen LogP contribution in [0, 0.1) is 23.5 Å². The fourth-order valence-electron chi connectivity index (χ4n) is 3.34. The van der Waals surface area contributed by atoms with Crippen LogP contribution in [0.2, 0.25) is 0 Å². The van der Waals surface area contributed by atoms with Crippen LogP contribution in [0.15, 0.2) is 18.2 Å². The number of benzene rings is 1. The van der Waals surface area contributed by atoms with Crippen LogP contribution < -0.4 is 10.6 Å². The highest BCUT2D eigenvalue weighted by Crippen LogP contribution is 2.32. The Morgan fingerprint density at radius 1 is 1.15 bits per heavy atom. The Bertz CT molecular complexity index is 521. The first-order valence-corrected chi connectivity index (χ1v) is 7.10. The van der Waals surface area contributed by atoms with Crippen LogP contribution in [0.5, 0.6) is 0 Å². The van der Waals surface area contributed by atoms with Gasteiger partial charge < -0.3 is 10.6 Å². The zero-order chi connectivity index (χ0) is 14.1. The lowest BCUT2D eigenvalue weighted by Gasteiger charge is -2.31. The van der Waals surface area contributed by atoms with Crippen LogP contribution in [-0.4, -0.2) is 25.0 Å². The van der Waals surface area contributed by atoms with E-state index < -0.39 is 11.6 Å². The number of carbonyl (C=O) groups is 1. The lowest BCUT2D eigenvalue weighted by atomic mass is 9.79. The van der Waals surface area contributed by atoms with Gasteiger partial charge in [0.05, 0.1) is 0 Å². The number of hydrogen-bond donors (Lipinski definition) is 2. The summed E-state index contributed by atoms with van der Waals surface area (Å²) in [5, 5.41) is 6.32. The van der Waals surface area contributed by atoms with E-state index >= 15 is 0 Å². The predicted molar refractivity (Wildman–Crippen MR) is 71.3 cm³/mol. The molecule has 0 bridgehead atoms. The van der Waals surface area contributed by atoms with Crippen molar-refractivity contribution in [3.8, 4) is 0 Å². The molecule has 0 radical (unpaired) electrons. The summed E-state index contributed by atoms with van der Waals surface area (Å²) >= 11 is 0. The fraction of sp³-hybridized carbons (Fsp3) is 0.533. The minimum Gasteiger partial charge on any atom is -0.349 e. The molecular formula is C15H18F2N2O. The smallest absolute Gasteiger partial charge is 0.251 e. The molecule has 0 spiro atoms. The first kappa shape index (κ1) is 13.5. The highest BCUT2D eigenvalue weighted by molar-refractivity contribution is 5.94. The second-order valence-electron chi connectivity index (χ2n) is 5.79. The third kappa shape index (κ3) is 2.68. The number of carbonyl (C=O) groups excluding carboxylic acids is 1. The summed E-state index contributed by atoms with van der Waals surface area (Å²) in [6, 6.07) is 3.39. The van der Waals surface area contributed by atoms with Gasteiger partial charge in [0.15, 0.2) is 11.6 Å². The SMILES string of the molecule is O=C(NC1CC[C@H]2CNC[C@H]2C1)c1ccc(F)c(F)c1.